The summed E-state index contributed by atoms with van der Waals surface area (Å²) in [6, 6.07) is 17.3. The number of hydrazone groups is 1. The van der Waals surface area contributed by atoms with Crippen LogP contribution in [-0.2, 0) is 4.79 Å². The number of halogens is 1. The van der Waals surface area contributed by atoms with Crippen molar-refractivity contribution in [3.05, 3.63) is 75.1 Å². The molecule has 0 bridgehead atoms. The van der Waals surface area contributed by atoms with E-state index in [1.54, 1.807) is 6.21 Å². The largest absolute Gasteiger partial charge is 0.286 e. The summed E-state index contributed by atoms with van der Waals surface area (Å²) in [5, 5.41) is 5.47. The van der Waals surface area contributed by atoms with Gasteiger partial charge in [0.2, 0.25) is 0 Å². The van der Waals surface area contributed by atoms with Gasteiger partial charge in [-0.2, -0.15) is 10.1 Å². The lowest BCUT2D eigenvalue weighted by molar-refractivity contribution is -0.122. The quantitative estimate of drug-likeness (QED) is 0.424. The number of carbonyl (C=O) groups is 1. The van der Waals surface area contributed by atoms with E-state index < -0.39 is 0 Å². The molecule has 0 aliphatic carbocycles. The average molecular weight is 403 g/mol. The van der Waals surface area contributed by atoms with Gasteiger partial charge in [-0.05, 0) is 41.6 Å². The predicted octanol–water partition coefficient (Wildman–Crippen LogP) is 4.68. The second kappa shape index (κ2) is 7.21. The molecule has 2 aromatic rings. The summed E-state index contributed by atoms with van der Waals surface area (Å²) in [6.45, 7) is 0. The minimum absolute atomic E-state index is 0.199. The topological polar surface area (TPSA) is 32.7 Å². The summed E-state index contributed by atoms with van der Waals surface area (Å²) in [6.07, 6.45) is 3.46. The molecule has 23 heavy (non-hydrogen) atoms. The van der Waals surface area contributed by atoms with E-state index in [0.29, 0.717) is 9.23 Å². The lowest BCUT2D eigenvalue weighted by atomic mass is 10.2. The van der Waals surface area contributed by atoms with Crippen LogP contribution in [0.25, 0.3) is 6.08 Å². The Morgan fingerprint density at radius 3 is 2.43 bits per heavy atom. The van der Waals surface area contributed by atoms with Crippen molar-refractivity contribution in [1.82, 2.24) is 5.01 Å². The monoisotopic (exact) mass is 402 g/mol. The highest BCUT2D eigenvalue weighted by molar-refractivity contribution is 9.10. The van der Waals surface area contributed by atoms with Crippen LogP contribution in [-0.4, -0.2) is 21.5 Å². The summed E-state index contributed by atoms with van der Waals surface area (Å²) in [5.41, 5.74) is 1.86. The summed E-state index contributed by atoms with van der Waals surface area (Å²) < 4.78 is 1.43. The molecule has 6 heteroatoms. The minimum atomic E-state index is -0.199. The molecule has 1 fully saturated rings. The molecule has 1 aliphatic heterocycles. The van der Waals surface area contributed by atoms with E-state index in [2.05, 4.69) is 21.0 Å². The Labute approximate surface area is 152 Å². The molecule has 114 valence electrons. The van der Waals surface area contributed by atoms with Crippen LogP contribution in [0, 0.1) is 0 Å². The Balaban J connectivity index is 1.80. The van der Waals surface area contributed by atoms with Gasteiger partial charge in [0.15, 0.2) is 4.32 Å². The smallest absolute Gasteiger partial charge is 0.266 e. The van der Waals surface area contributed by atoms with Gasteiger partial charge < -0.3 is 0 Å². The van der Waals surface area contributed by atoms with E-state index in [-0.39, 0.29) is 5.91 Å². The SMILES string of the molecule is O=C1/C(=C\c2ccc(Br)cc2)SC(=S)N1/N=C/c1ccccc1. The second-order valence-electron chi connectivity index (χ2n) is 4.70. The maximum Gasteiger partial charge on any atom is 0.286 e. The van der Waals surface area contributed by atoms with Gasteiger partial charge in [0.25, 0.3) is 5.91 Å². The van der Waals surface area contributed by atoms with Crippen molar-refractivity contribution in [2.24, 2.45) is 5.10 Å². The van der Waals surface area contributed by atoms with Crippen molar-refractivity contribution in [2.45, 2.75) is 0 Å². The zero-order chi connectivity index (χ0) is 16.2. The first-order valence-electron chi connectivity index (χ1n) is 6.76. The lowest BCUT2D eigenvalue weighted by Crippen LogP contribution is -2.22. The van der Waals surface area contributed by atoms with Gasteiger partial charge in [-0.1, -0.05) is 70.2 Å². The molecule has 0 atom stereocenters. The summed E-state index contributed by atoms with van der Waals surface area (Å²) in [4.78, 5) is 13.0. The van der Waals surface area contributed by atoms with Crippen LogP contribution in [0.1, 0.15) is 11.1 Å². The van der Waals surface area contributed by atoms with Crippen LogP contribution >= 0.6 is 39.9 Å². The molecule has 0 aromatic heterocycles. The van der Waals surface area contributed by atoms with Crippen LogP contribution in [0.2, 0.25) is 0 Å². The molecule has 1 saturated heterocycles. The molecule has 1 aliphatic rings. The van der Waals surface area contributed by atoms with Gasteiger partial charge in [0.1, 0.15) is 0 Å². The zero-order valence-corrected chi connectivity index (χ0v) is 15.1. The molecule has 3 nitrogen and oxygen atoms in total. The molecule has 1 heterocycles. The highest BCUT2D eigenvalue weighted by atomic mass is 79.9. The Hall–Kier alpha value is -1.76. The number of carbonyl (C=O) groups excluding carboxylic acids is 1. The van der Waals surface area contributed by atoms with E-state index in [9.17, 15) is 4.79 Å². The summed E-state index contributed by atoms with van der Waals surface area (Å²) >= 11 is 9.90. The molecular weight excluding hydrogens is 392 g/mol. The van der Waals surface area contributed by atoms with E-state index in [4.69, 9.17) is 12.2 Å². The van der Waals surface area contributed by atoms with Crippen LogP contribution in [0.3, 0.4) is 0 Å². The van der Waals surface area contributed by atoms with Crippen LogP contribution < -0.4 is 0 Å². The Morgan fingerprint density at radius 2 is 1.74 bits per heavy atom. The lowest BCUT2D eigenvalue weighted by Gasteiger charge is -2.05. The highest BCUT2D eigenvalue weighted by Crippen LogP contribution is 2.32. The predicted molar refractivity (Wildman–Crippen MR) is 103 cm³/mol. The number of hydrogen-bond donors (Lipinski definition) is 0. The third-order valence-electron chi connectivity index (χ3n) is 3.06. The Kier molecular flexibility index (Phi) is 5.05. The number of thioether (sulfide) groups is 1. The first-order valence-corrected chi connectivity index (χ1v) is 8.78. The van der Waals surface area contributed by atoms with Crippen molar-refractivity contribution >= 4 is 62.4 Å². The fourth-order valence-electron chi connectivity index (χ4n) is 1.93. The molecule has 0 N–H and O–H groups in total. The van der Waals surface area contributed by atoms with E-state index in [1.165, 1.54) is 16.8 Å². The number of nitrogens with zero attached hydrogens (tertiary/aromatic N) is 2. The van der Waals surface area contributed by atoms with Crippen molar-refractivity contribution in [2.75, 3.05) is 0 Å². The second-order valence-corrected chi connectivity index (χ2v) is 7.29. The molecule has 2 aromatic carbocycles. The van der Waals surface area contributed by atoms with E-state index in [0.717, 1.165) is 15.6 Å². The maximum absolute atomic E-state index is 12.4. The maximum atomic E-state index is 12.4. The van der Waals surface area contributed by atoms with Crippen molar-refractivity contribution in [3.8, 4) is 0 Å². The Bertz CT molecular complexity index is 801. The molecule has 3 rings (SSSR count). The van der Waals surface area contributed by atoms with Crippen LogP contribution in [0.15, 0.2) is 69.1 Å². The van der Waals surface area contributed by atoms with Gasteiger partial charge in [-0.25, -0.2) is 0 Å². The first-order chi connectivity index (χ1) is 11.1. The van der Waals surface area contributed by atoms with Crippen LogP contribution in [0.4, 0.5) is 0 Å². The van der Waals surface area contributed by atoms with E-state index in [1.807, 2.05) is 60.7 Å². The summed E-state index contributed by atoms with van der Waals surface area (Å²) in [5.74, 6) is -0.199. The number of amides is 1. The number of hydrogen-bond acceptors (Lipinski definition) is 4. The van der Waals surface area contributed by atoms with Crippen molar-refractivity contribution in [3.63, 3.8) is 0 Å². The molecule has 1 amide bonds. The number of thiocarbonyl (C=S) groups is 1. The first kappa shape index (κ1) is 16.1. The zero-order valence-electron chi connectivity index (χ0n) is 11.8. The normalized spacial score (nSPS) is 16.7. The van der Waals surface area contributed by atoms with Crippen molar-refractivity contribution in [1.29, 1.82) is 0 Å². The van der Waals surface area contributed by atoms with Gasteiger partial charge in [0.05, 0.1) is 11.1 Å². The standard InChI is InChI=1S/C17H11BrN2OS2/c18-14-8-6-12(7-9-14)10-15-16(21)20(17(22)23-15)19-11-13-4-2-1-3-5-13/h1-11H/b15-10+,19-11+. The number of rotatable bonds is 3. The van der Waals surface area contributed by atoms with Gasteiger partial charge >= 0.3 is 0 Å². The summed E-state index contributed by atoms with van der Waals surface area (Å²) in [7, 11) is 0. The fourth-order valence-corrected chi connectivity index (χ4v) is 3.37. The number of benzene rings is 2. The highest BCUT2D eigenvalue weighted by Gasteiger charge is 2.31. The third-order valence-corrected chi connectivity index (χ3v) is 4.87. The van der Waals surface area contributed by atoms with Gasteiger partial charge in [-0.3, -0.25) is 4.79 Å². The Morgan fingerprint density at radius 1 is 1.04 bits per heavy atom. The average Bonchev–Trinajstić information content (AvgIpc) is 2.82. The minimum Gasteiger partial charge on any atom is -0.266 e. The third kappa shape index (κ3) is 3.96. The van der Waals surface area contributed by atoms with Crippen molar-refractivity contribution < 1.29 is 4.79 Å². The molecule has 0 unspecified atom stereocenters. The molecule has 0 spiro atoms. The van der Waals surface area contributed by atoms with Crippen LogP contribution in [0.5, 0.6) is 0 Å². The van der Waals surface area contributed by atoms with E-state index >= 15 is 0 Å². The van der Waals surface area contributed by atoms with Gasteiger partial charge in [0, 0.05) is 4.47 Å². The molecule has 0 radical (unpaired) electrons. The molecular formula is C17H11BrN2OS2. The van der Waals surface area contributed by atoms with Gasteiger partial charge in [-0.15, -0.1) is 0 Å². The molecule has 0 saturated carbocycles. The fraction of sp³-hybridized carbons (Fsp3) is 0.